The molecule has 2 heterocycles. The molecular formula is C21H23FN4OS. The van der Waals surface area contributed by atoms with Crippen LogP contribution in [0.1, 0.15) is 40.4 Å². The number of rotatable bonds is 5. The van der Waals surface area contributed by atoms with Crippen LogP contribution in [0, 0.1) is 12.7 Å². The number of thiazole rings is 1. The molecule has 0 spiro atoms. The summed E-state index contributed by atoms with van der Waals surface area (Å²) in [6, 6.07) is 10.3. The van der Waals surface area contributed by atoms with Gasteiger partial charge in [0, 0.05) is 17.7 Å². The van der Waals surface area contributed by atoms with Crippen LogP contribution in [0.3, 0.4) is 0 Å². The van der Waals surface area contributed by atoms with Crippen LogP contribution in [0.2, 0.25) is 0 Å². The highest BCUT2D eigenvalue weighted by molar-refractivity contribution is 7.22. The lowest BCUT2D eigenvalue weighted by atomic mass is 10.0. The number of aromatic nitrogens is 1. The average Bonchev–Trinajstić information content (AvgIpc) is 3.32. The smallest absolute Gasteiger partial charge is 0.251 e. The molecule has 3 aromatic rings. The second-order valence-electron chi connectivity index (χ2n) is 7.18. The molecule has 1 aliphatic heterocycles. The molecule has 5 nitrogen and oxygen atoms in total. The maximum absolute atomic E-state index is 14.4. The van der Waals surface area contributed by atoms with E-state index in [0.29, 0.717) is 22.8 Å². The second-order valence-corrected chi connectivity index (χ2v) is 8.24. The molecule has 28 heavy (non-hydrogen) atoms. The summed E-state index contributed by atoms with van der Waals surface area (Å²) in [5.74, 6) is -0.399. The first-order chi connectivity index (χ1) is 13.5. The molecule has 0 saturated carbocycles. The number of nitrogens with zero attached hydrogens (tertiary/aromatic N) is 2. The zero-order chi connectivity index (χ0) is 19.7. The fourth-order valence-corrected chi connectivity index (χ4v) is 4.72. The highest BCUT2D eigenvalue weighted by Gasteiger charge is 2.26. The number of fused-ring (bicyclic) bond motifs is 1. The van der Waals surface area contributed by atoms with Gasteiger partial charge in [-0.3, -0.25) is 9.69 Å². The van der Waals surface area contributed by atoms with E-state index < -0.39 is 0 Å². The number of aryl methyl sites for hydroxylation is 1. The van der Waals surface area contributed by atoms with Crippen LogP contribution in [-0.2, 0) is 0 Å². The number of amides is 1. The summed E-state index contributed by atoms with van der Waals surface area (Å²) in [5.41, 5.74) is 8.75. The molecule has 7 heteroatoms. The molecule has 1 aromatic heterocycles. The van der Waals surface area contributed by atoms with Crippen LogP contribution in [0.15, 0.2) is 36.4 Å². The monoisotopic (exact) mass is 398 g/mol. The van der Waals surface area contributed by atoms with E-state index in [1.54, 1.807) is 12.1 Å². The molecule has 2 aromatic carbocycles. The number of halogens is 1. The van der Waals surface area contributed by atoms with Crippen molar-refractivity contribution in [2.24, 2.45) is 0 Å². The van der Waals surface area contributed by atoms with E-state index in [0.717, 1.165) is 41.7 Å². The Kier molecular flexibility index (Phi) is 5.28. The SMILES string of the molecule is Cc1cc(C(=O)NC[C@H](c2ccccc2F)N2CCCC2)cc2sc(N)nc12. The van der Waals surface area contributed by atoms with E-state index in [1.165, 1.54) is 17.4 Å². The Bertz CT molecular complexity index is 1010. The van der Waals surface area contributed by atoms with Gasteiger partial charge in [-0.15, -0.1) is 0 Å². The molecule has 4 rings (SSSR count). The zero-order valence-electron chi connectivity index (χ0n) is 15.7. The Hall–Kier alpha value is -2.51. The maximum Gasteiger partial charge on any atom is 0.251 e. The highest BCUT2D eigenvalue weighted by atomic mass is 32.1. The van der Waals surface area contributed by atoms with Gasteiger partial charge in [-0.1, -0.05) is 29.5 Å². The van der Waals surface area contributed by atoms with Gasteiger partial charge >= 0.3 is 0 Å². The zero-order valence-corrected chi connectivity index (χ0v) is 16.6. The van der Waals surface area contributed by atoms with E-state index in [4.69, 9.17) is 5.73 Å². The van der Waals surface area contributed by atoms with Crippen molar-refractivity contribution in [3.05, 3.63) is 58.9 Å². The van der Waals surface area contributed by atoms with Crippen molar-refractivity contribution in [2.75, 3.05) is 25.4 Å². The van der Waals surface area contributed by atoms with Gasteiger partial charge in [0.15, 0.2) is 5.13 Å². The lowest BCUT2D eigenvalue weighted by Gasteiger charge is -2.28. The molecule has 146 valence electrons. The fraction of sp³-hybridized carbons (Fsp3) is 0.333. The van der Waals surface area contributed by atoms with Crippen LogP contribution < -0.4 is 11.1 Å². The van der Waals surface area contributed by atoms with Crippen LogP contribution in [0.4, 0.5) is 9.52 Å². The number of likely N-dealkylation sites (tertiary alicyclic amines) is 1. The summed E-state index contributed by atoms with van der Waals surface area (Å²) in [4.78, 5) is 19.4. The standard InChI is InChI=1S/C21H23FN4OS/c1-13-10-14(11-18-19(13)25-21(23)28-18)20(27)24-12-17(26-8-4-5-9-26)15-6-2-3-7-16(15)22/h2-3,6-7,10-11,17H,4-5,8-9,12H2,1H3,(H2,23,25)(H,24,27)/t17-/m1/s1. The molecule has 3 N–H and O–H groups in total. The average molecular weight is 399 g/mol. The normalized spacial score (nSPS) is 15.8. The van der Waals surface area contributed by atoms with E-state index in [-0.39, 0.29) is 17.8 Å². The lowest BCUT2D eigenvalue weighted by molar-refractivity contribution is 0.0937. The molecule has 1 fully saturated rings. The third-order valence-electron chi connectivity index (χ3n) is 5.27. The minimum Gasteiger partial charge on any atom is -0.375 e. The van der Waals surface area contributed by atoms with Crippen molar-refractivity contribution in [3.8, 4) is 0 Å². The van der Waals surface area contributed by atoms with E-state index in [9.17, 15) is 9.18 Å². The third kappa shape index (κ3) is 3.72. The Morgan fingerprint density at radius 3 is 2.82 bits per heavy atom. The van der Waals surface area contributed by atoms with Gasteiger partial charge in [-0.25, -0.2) is 9.37 Å². The van der Waals surface area contributed by atoms with E-state index in [2.05, 4.69) is 15.2 Å². The number of nitrogens with two attached hydrogens (primary N) is 1. The molecule has 1 saturated heterocycles. The van der Waals surface area contributed by atoms with Crippen molar-refractivity contribution in [2.45, 2.75) is 25.8 Å². The Balaban J connectivity index is 1.55. The molecule has 0 unspecified atom stereocenters. The summed E-state index contributed by atoms with van der Waals surface area (Å²) >= 11 is 1.37. The highest BCUT2D eigenvalue weighted by Crippen LogP contribution is 2.29. The largest absolute Gasteiger partial charge is 0.375 e. The van der Waals surface area contributed by atoms with Gasteiger partial charge in [0.05, 0.1) is 16.3 Å². The topological polar surface area (TPSA) is 71.2 Å². The molecule has 0 radical (unpaired) electrons. The quantitative estimate of drug-likeness (QED) is 0.684. The first-order valence-corrected chi connectivity index (χ1v) is 10.3. The van der Waals surface area contributed by atoms with Crippen molar-refractivity contribution in [3.63, 3.8) is 0 Å². The number of anilines is 1. The summed E-state index contributed by atoms with van der Waals surface area (Å²) in [5, 5.41) is 3.50. The first kappa shape index (κ1) is 18.8. The molecule has 0 bridgehead atoms. The Labute approximate surface area is 167 Å². The predicted octanol–water partition coefficient (Wildman–Crippen LogP) is 3.89. The van der Waals surface area contributed by atoms with Gasteiger partial charge in [-0.05, 0) is 56.6 Å². The second kappa shape index (κ2) is 7.85. The summed E-state index contributed by atoms with van der Waals surface area (Å²) in [7, 11) is 0. The molecular weight excluding hydrogens is 375 g/mol. The van der Waals surface area contributed by atoms with Gasteiger partial charge in [0.1, 0.15) is 5.82 Å². The van der Waals surface area contributed by atoms with Crippen LogP contribution in [0.5, 0.6) is 0 Å². The maximum atomic E-state index is 14.4. The predicted molar refractivity (Wildman–Crippen MR) is 111 cm³/mol. The summed E-state index contributed by atoms with van der Waals surface area (Å²) in [6.45, 7) is 4.12. The number of carbonyl (C=O) groups excluding carboxylic acids is 1. The third-order valence-corrected chi connectivity index (χ3v) is 6.10. The number of nitrogen functional groups attached to an aromatic ring is 1. The van der Waals surface area contributed by atoms with Gasteiger partial charge in [-0.2, -0.15) is 0 Å². The van der Waals surface area contributed by atoms with Crippen molar-refractivity contribution >= 4 is 32.6 Å². The van der Waals surface area contributed by atoms with Gasteiger partial charge in [0.25, 0.3) is 5.91 Å². The number of benzene rings is 2. The Morgan fingerprint density at radius 1 is 1.32 bits per heavy atom. The van der Waals surface area contributed by atoms with Crippen LogP contribution in [0.25, 0.3) is 10.2 Å². The minimum absolute atomic E-state index is 0.169. The number of hydrogen-bond donors (Lipinski definition) is 2. The van der Waals surface area contributed by atoms with Gasteiger partial charge < -0.3 is 11.1 Å². The number of nitrogens with one attached hydrogen (secondary N) is 1. The van der Waals surface area contributed by atoms with E-state index >= 15 is 0 Å². The summed E-state index contributed by atoms with van der Waals surface area (Å²) < 4.78 is 15.3. The van der Waals surface area contributed by atoms with E-state index in [1.807, 2.05) is 25.1 Å². The Morgan fingerprint density at radius 2 is 2.07 bits per heavy atom. The van der Waals surface area contributed by atoms with Gasteiger partial charge in [0.2, 0.25) is 0 Å². The fourth-order valence-electron chi connectivity index (χ4n) is 3.87. The van der Waals surface area contributed by atoms with Crippen molar-refractivity contribution < 1.29 is 9.18 Å². The van der Waals surface area contributed by atoms with Crippen molar-refractivity contribution in [1.29, 1.82) is 0 Å². The molecule has 1 atom stereocenters. The lowest BCUT2D eigenvalue weighted by Crippen LogP contribution is -2.37. The first-order valence-electron chi connectivity index (χ1n) is 9.46. The molecule has 0 aliphatic carbocycles. The molecule has 1 aliphatic rings. The summed E-state index contributed by atoms with van der Waals surface area (Å²) in [6.07, 6.45) is 2.20. The number of carbonyl (C=O) groups is 1. The minimum atomic E-state index is -0.231. The molecule has 1 amide bonds. The van der Waals surface area contributed by atoms with Crippen LogP contribution in [-0.4, -0.2) is 35.4 Å². The van der Waals surface area contributed by atoms with Crippen molar-refractivity contribution in [1.82, 2.24) is 15.2 Å². The van der Waals surface area contributed by atoms with Crippen LogP contribution >= 0.6 is 11.3 Å². The number of hydrogen-bond acceptors (Lipinski definition) is 5.